The van der Waals surface area contributed by atoms with E-state index in [1.165, 1.54) is 0 Å². The molecule has 2 heterocycles. The first-order valence-corrected chi connectivity index (χ1v) is 9.79. The van der Waals surface area contributed by atoms with Gasteiger partial charge in [-0.3, -0.25) is 9.59 Å². The van der Waals surface area contributed by atoms with E-state index in [-0.39, 0.29) is 30.9 Å². The normalized spacial score (nSPS) is 17.8. The minimum atomic E-state index is -0.381. The molecule has 152 valence electrons. The van der Waals surface area contributed by atoms with Gasteiger partial charge in [0.15, 0.2) is 18.1 Å². The molecule has 29 heavy (non-hydrogen) atoms. The summed E-state index contributed by atoms with van der Waals surface area (Å²) < 4.78 is 16.9. The highest BCUT2D eigenvalue weighted by molar-refractivity contribution is 5.79. The van der Waals surface area contributed by atoms with Crippen molar-refractivity contribution >= 4 is 11.8 Å². The zero-order chi connectivity index (χ0) is 20.2. The van der Waals surface area contributed by atoms with Crippen molar-refractivity contribution in [3.05, 3.63) is 53.6 Å². The summed E-state index contributed by atoms with van der Waals surface area (Å²) in [4.78, 5) is 25.6. The lowest BCUT2D eigenvalue weighted by molar-refractivity contribution is -0.134. The molecule has 0 radical (unpaired) electrons. The van der Waals surface area contributed by atoms with E-state index in [1.54, 1.807) is 24.3 Å². The quantitative estimate of drug-likeness (QED) is 0.809. The highest BCUT2D eigenvalue weighted by Crippen LogP contribution is 2.38. The standard InChI is InChI=1S/C22H24N2O5/c23-21(25)12-15-3-6-17(7-4-15)29-14-22(26)24-9-1-2-18(24)16-5-8-19-20(13-16)28-11-10-27-19/h3-8,13,18H,1-2,9-12,14H2,(H2,23,25). The number of carbonyl (C=O) groups is 2. The zero-order valence-electron chi connectivity index (χ0n) is 16.1. The van der Waals surface area contributed by atoms with E-state index >= 15 is 0 Å². The molecule has 2 amide bonds. The molecule has 2 aromatic carbocycles. The smallest absolute Gasteiger partial charge is 0.261 e. The lowest BCUT2D eigenvalue weighted by Crippen LogP contribution is -2.34. The molecule has 1 saturated heterocycles. The second-order valence-electron chi connectivity index (χ2n) is 7.22. The average molecular weight is 396 g/mol. The maximum atomic E-state index is 12.8. The minimum Gasteiger partial charge on any atom is -0.486 e. The van der Waals surface area contributed by atoms with Gasteiger partial charge in [0.25, 0.3) is 5.91 Å². The summed E-state index contributed by atoms with van der Waals surface area (Å²) in [5.74, 6) is 1.64. The minimum absolute atomic E-state index is 0.0138. The van der Waals surface area contributed by atoms with Gasteiger partial charge in [-0.25, -0.2) is 0 Å². The number of hydrogen-bond donors (Lipinski definition) is 1. The van der Waals surface area contributed by atoms with Gasteiger partial charge in [-0.15, -0.1) is 0 Å². The van der Waals surface area contributed by atoms with Gasteiger partial charge in [-0.1, -0.05) is 18.2 Å². The maximum absolute atomic E-state index is 12.8. The Morgan fingerprint density at radius 2 is 1.83 bits per heavy atom. The molecule has 0 aliphatic carbocycles. The third-order valence-corrected chi connectivity index (χ3v) is 5.19. The maximum Gasteiger partial charge on any atom is 0.261 e. The van der Waals surface area contributed by atoms with Gasteiger partial charge in [0, 0.05) is 6.54 Å². The fourth-order valence-electron chi connectivity index (χ4n) is 3.81. The number of hydrogen-bond acceptors (Lipinski definition) is 5. The van der Waals surface area contributed by atoms with Crippen molar-refractivity contribution in [3.8, 4) is 17.2 Å². The van der Waals surface area contributed by atoms with Crippen molar-refractivity contribution < 1.29 is 23.8 Å². The Labute approximate surface area is 169 Å². The molecule has 7 nitrogen and oxygen atoms in total. The molecule has 0 spiro atoms. The van der Waals surface area contributed by atoms with Crippen LogP contribution in [0.3, 0.4) is 0 Å². The summed E-state index contributed by atoms with van der Waals surface area (Å²) in [7, 11) is 0. The molecule has 0 saturated carbocycles. The fourth-order valence-corrected chi connectivity index (χ4v) is 3.81. The predicted octanol–water partition coefficient (Wildman–Crippen LogP) is 2.23. The van der Waals surface area contributed by atoms with E-state index in [0.717, 1.165) is 35.5 Å². The van der Waals surface area contributed by atoms with Crippen LogP contribution < -0.4 is 19.9 Å². The summed E-state index contributed by atoms with van der Waals surface area (Å²) in [5, 5.41) is 0. The summed E-state index contributed by atoms with van der Waals surface area (Å²) >= 11 is 0. The van der Waals surface area contributed by atoms with Gasteiger partial charge in [0.2, 0.25) is 5.91 Å². The van der Waals surface area contributed by atoms with Gasteiger partial charge in [0.1, 0.15) is 19.0 Å². The molecule has 2 N–H and O–H groups in total. The van der Waals surface area contributed by atoms with Crippen LogP contribution in [-0.2, 0) is 16.0 Å². The van der Waals surface area contributed by atoms with E-state index < -0.39 is 0 Å². The lowest BCUT2D eigenvalue weighted by atomic mass is 10.0. The van der Waals surface area contributed by atoms with Crippen molar-refractivity contribution in [1.82, 2.24) is 4.90 Å². The highest BCUT2D eigenvalue weighted by Gasteiger charge is 2.31. The van der Waals surface area contributed by atoms with Crippen LogP contribution in [0.25, 0.3) is 0 Å². The SMILES string of the molecule is NC(=O)Cc1ccc(OCC(=O)N2CCCC2c2ccc3c(c2)OCCO3)cc1. The molecular formula is C22H24N2O5. The second kappa shape index (κ2) is 8.43. The number of carbonyl (C=O) groups excluding carboxylic acids is 2. The zero-order valence-corrected chi connectivity index (χ0v) is 16.1. The number of primary amides is 1. The van der Waals surface area contributed by atoms with Crippen LogP contribution in [0.4, 0.5) is 0 Å². The molecule has 0 bridgehead atoms. The highest BCUT2D eigenvalue weighted by atomic mass is 16.6. The number of fused-ring (bicyclic) bond motifs is 1. The van der Waals surface area contributed by atoms with Crippen LogP contribution in [0.1, 0.15) is 30.0 Å². The Kier molecular flexibility index (Phi) is 5.55. The van der Waals surface area contributed by atoms with Crippen LogP contribution in [0, 0.1) is 0 Å². The number of nitrogens with two attached hydrogens (primary N) is 1. The Morgan fingerprint density at radius 3 is 2.59 bits per heavy atom. The third kappa shape index (κ3) is 4.45. The van der Waals surface area contributed by atoms with E-state index in [1.807, 2.05) is 23.1 Å². The van der Waals surface area contributed by atoms with Crippen molar-refractivity contribution in [2.24, 2.45) is 5.73 Å². The van der Waals surface area contributed by atoms with Crippen LogP contribution in [0.5, 0.6) is 17.2 Å². The number of amides is 2. The molecule has 2 aromatic rings. The monoisotopic (exact) mass is 396 g/mol. The molecule has 1 fully saturated rings. The lowest BCUT2D eigenvalue weighted by Gasteiger charge is -2.26. The van der Waals surface area contributed by atoms with Gasteiger partial charge in [0.05, 0.1) is 12.5 Å². The van der Waals surface area contributed by atoms with Crippen LogP contribution in [0.2, 0.25) is 0 Å². The van der Waals surface area contributed by atoms with Crippen molar-refractivity contribution in [2.75, 3.05) is 26.4 Å². The Balaban J connectivity index is 1.38. The van der Waals surface area contributed by atoms with E-state index in [0.29, 0.717) is 25.5 Å². The Hall–Kier alpha value is -3.22. The van der Waals surface area contributed by atoms with E-state index in [2.05, 4.69) is 0 Å². The van der Waals surface area contributed by atoms with Crippen LogP contribution in [-0.4, -0.2) is 43.1 Å². The first kappa shape index (κ1) is 19.1. The fraction of sp³-hybridized carbons (Fsp3) is 0.364. The van der Waals surface area contributed by atoms with E-state index in [9.17, 15) is 9.59 Å². The Morgan fingerprint density at radius 1 is 1.07 bits per heavy atom. The summed E-state index contributed by atoms with van der Waals surface area (Å²) in [6.07, 6.45) is 2.05. The molecule has 2 aliphatic rings. The molecule has 7 heteroatoms. The number of ether oxygens (including phenoxy) is 3. The average Bonchev–Trinajstić information content (AvgIpc) is 3.22. The molecule has 1 atom stereocenters. The van der Waals surface area contributed by atoms with Gasteiger partial charge in [-0.05, 0) is 48.2 Å². The van der Waals surface area contributed by atoms with Crippen molar-refractivity contribution in [1.29, 1.82) is 0 Å². The number of likely N-dealkylation sites (tertiary alicyclic amines) is 1. The number of rotatable bonds is 6. The molecule has 1 unspecified atom stereocenters. The summed E-state index contributed by atoms with van der Waals surface area (Å²) in [6.45, 7) is 1.77. The summed E-state index contributed by atoms with van der Waals surface area (Å²) in [5.41, 5.74) is 7.06. The van der Waals surface area contributed by atoms with Gasteiger partial charge < -0.3 is 24.8 Å². The molecule has 0 aromatic heterocycles. The topological polar surface area (TPSA) is 91.1 Å². The number of nitrogens with zero attached hydrogens (tertiary/aromatic N) is 1. The van der Waals surface area contributed by atoms with Crippen LogP contribution >= 0.6 is 0 Å². The first-order chi connectivity index (χ1) is 14.1. The largest absolute Gasteiger partial charge is 0.486 e. The van der Waals surface area contributed by atoms with Crippen molar-refractivity contribution in [3.63, 3.8) is 0 Å². The second-order valence-corrected chi connectivity index (χ2v) is 7.22. The first-order valence-electron chi connectivity index (χ1n) is 9.79. The van der Waals surface area contributed by atoms with Gasteiger partial charge in [-0.2, -0.15) is 0 Å². The predicted molar refractivity (Wildman–Crippen MR) is 106 cm³/mol. The summed E-state index contributed by atoms with van der Waals surface area (Å²) in [6, 6.07) is 12.9. The molecule has 4 rings (SSSR count). The third-order valence-electron chi connectivity index (χ3n) is 5.19. The molecular weight excluding hydrogens is 372 g/mol. The Bertz CT molecular complexity index is 897. The van der Waals surface area contributed by atoms with E-state index in [4.69, 9.17) is 19.9 Å². The molecule has 2 aliphatic heterocycles. The van der Waals surface area contributed by atoms with Crippen molar-refractivity contribution in [2.45, 2.75) is 25.3 Å². The van der Waals surface area contributed by atoms with Crippen LogP contribution in [0.15, 0.2) is 42.5 Å². The number of benzene rings is 2. The van der Waals surface area contributed by atoms with Gasteiger partial charge >= 0.3 is 0 Å².